The molecule has 0 spiro atoms. The molecule has 21 heavy (non-hydrogen) atoms. The molecule has 0 amide bonds. The second-order valence-electron chi connectivity index (χ2n) is 5.84. The second kappa shape index (κ2) is 8.51. The largest absolute Gasteiger partial charge is 0.380 e. The van der Waals surface area contributed by atoms with Crippen LogP contribution < -0.4 is 10.9 Å². The van der Waals surface area contributed by atoms with E-state index in [4.69, 9.17) is 0 Å². The van der Waals surface area contributed by atoms with Gasteiger partial charge in [0.2, 0.25) is 0 Å². The Bertz CT molecular complexity index is 501. The van der Waals surface area contributed by atoms with Gasteiger partial charge in [-0.1, -0.05) is 0 Å². The van der Waals surface area contributed by atoms with Crippen molar-refractivity contribution in [1.29, 1.82) is 0 Å². The lowest BCUT2D eigenvalue weighted by Crippen LogP contribution is -2.30. The molecule has 0 aliphatic rings. The molecule has 1 atom stereocenters. The number of aromatic nitrogens is 2. The van der Waals surface area contributed by atoms with Gasteiger partial charge in [0.1, 0.15) is 4.47 Å². The lowest BCUT2D eigenvalue weighted by Gasteiger charge is -2.19. The number of anilines is 1. The molecule has 1 unspecified atom stereocenters. The lowest BCUT2D eigenvalue weighted by molar-refractivity contribution is 0.367. The van der Waals surface area contributed by atoms with Gasteiger partial charge in [0.15, 0.2) is 0 Å². The van der Waals surface area contributed by atoms with E-state index in [0.29, 0.717) is 11.0 Å². The first-order chi connectivity index (χ1) is 9.81. The Kier molecular flexibility index (Phi) is 7.34. The van der Waals surface area contributed by atoms with E-state index in [1.165, 1.54) is 4.68 Å². The zero-order valence-electron chi connectivity index (χ0n) is 13.6. The van der Waals surface area contributed by atoms with Crippen molar-refractivity contribution in [1.82, 2.24) is 19.6 Å². The van der Waals surface area contributed by atoms with Crippen LogP contribution in [0.5, 0.6) is 0 Å². The van der Waals surface area contributed by atoms with Crippen LogP contribution in [0.15, 0.2) is 15.5 Å². The van der Waals surface area contributed by atoms with Gasteiger partial charge in [-0.25, -0.2) is 4.68 Å². The maximum atomic E-state index is 12.2. The van der Waals surface area contributed by atoms with Crippen molar-refractivity contribution >= 4 is 21.6 Å². The van der Waals surface area contributed by atoms with E-state index in [-0.39, 0.29) is 11.6 Å². The summed E-state index contributed by atoms with van der Waals surface area (Å²) in [5.74, 6) is 0. The summed E-state index contributed by atoms with van der Waals surface area (Å²) in [6.07, 6.45) is 2.72. The minimum Gasteiger partial charge on any atom is -0.380 e. The molecule has 1 aromatic rings. The number of hydrogen-bond acceptors (Lipinski definition) is 5. The normalized spacial score (nSPS) is 13.0. The SMILES string of the molecule is CC(CCN(C)C)Nc1cnn(CCN(C)C)c(=O)c1Br. The summed E-state index contributed by atoms with van der Waals surface area (Å²) in [6, 6.07) is 0.280. The number of hydrogen-bond donors (Lipinski definition) is 1. The van der Waals surface area contributed by atoms with Gasteiger partial charge in [0.25, 0.3) is 5.56 Å². The monoisotopic (exact) mass is 359 g/mol. The molecular formula is C14H26BrN5O. The van der Waals surface area contributed by atoms with Crippen molar-refractivity contribution in [3.05, 3.63) is 21.0 Å². The van der Waals surface area contributed by atoms with Gasteiger partial charge >= 0.3 is 0 Å². The highest BCUT2D eigenvalue weighted by Gasteiger charge is 2.11. The zero-order valence-corrected chi connectivity index (χ0v) is 15.1. The Morgan fingerprint density at radius 3 is 2.48 bits per heavy atom. The van der Waals surface area contributed by atoms with E-state index in [0.717, 1.165) is 25.2 Å². The highest BCUT2D eigenvalue weighted by molar-refractivity contribution is 9.10. The fourth-order valence-electron chi connectivity index (χ4n) is 1.81. The minimum absolute atomic E-state index is 0.0957. The highest BCUT2D eigenvalue weighted by atomic mass is 79.9. The summed E-state index contributed by atoms with van der Waals surface area (Å²) < 4.78 is 2.03. The van der Waals surface area contributed by atoms with E-state index in [9.17, 15) is 4.79 Å². The average molecular weight is 360 g/mol. The third-order valence-electron chi connectivity index (χ3n) is 3.16. The molecule has 0 saturated carbocycles. The van der Waals surface area contributed by atoms with Gasteiger partial charge in [-0.05, 0) is 64.0 Å². The molecule has 1 aromatic heterocycles. The number of likely N-dealkylation sites (N-methyl/N-ethyl adjacent to an activating group) is 1. The van der Waals surface area contributed by atoms with Gasteiger partial charge in [-0.15, -0.1) is 0 Å². The van der Waals surface area contributed by atoms with Crippen molar-refractivity contribution in [2.45, 2.75) is 25.9 Å². The molecule has 7 heteroatoms. The Labute approximate surface area is 135 Å². The molecule has 0 radical (unpaired) electrons. The summed E-state index contributed by atoms with van der Waals surface area (Å²) >= 11 is 3.39. The van der Waals surface area contributed by atoms with Crippen LogP contribution in [0.2, 0.25) is 0 Å². The fourth-order valence-corrected chi connectivity index (χ4v) is 2.23. The average Bonchev–Trinajstić information content (AvgIpc) is 2.40. The molecule has 1 heterocycles. The van der Waals surface area contributed by atoms with Crippen LogP contribution in [0, 0.1) is 0 Å². The van der Waals surface area contributed by atoms with Crippen molar-refractivity contribution in [3.8, 4) is 0 Å². The molecule has 0 fully saturated rings. The van der Waals surface area contributed by atoms with E-state index >= 15 is 0 Å². The molecule has 1 N–H and O–H groups in total. The molecule has 0 bridgehead atoms. The Balaban J connectivity index is 2.73. The molecule has 6 nitrogen and oxygen atoms in total. The first kappa shape index (κ1) is 18.1. The number of nitrogens with zero attached hydrogens (tertiary/aromatic N) is 4. The predicted octanol–water partition coefficient (Wildman–Crippen LogP) is 1.32. The molecule has 0 aliphatic heterocycles. The van der Waals surface area contributed by atoms with Gasteiger partial charge < -0.3 is 15.1 Å². The number of nitrogens with one attached hydrogen (secondary N) is 1. The van der Waals surface area contributed by atoms with E-state index in [2.05, 4.69) is 52.3 Å². The zero-order chi connectivity index (χ0) is 16.0. The van der Waals surface area contributed by atoms with E-state index < -0.39 is 0 Å². The smallest absolute Gasteiger partial charge is 0.283 e. The molecule has 0 aliphatic carbocycles. The van der Waals surface area contributed by atoms with Crippen molar-refractivity contribution < 1.29 is 0 Å². The Morgan fingerprint density at radius 2 is 1.90 bits per heavy atom. The van der Waals surface area contributed by atoms with Crippen LogP contribution in [0.3, 0.4) is 0 Å². The lowest BCUT2D eigenvalue weighted by atomic mass is 10.2. The van der Waals surface area contributed by atoms with E-state index in [1.54, 1.807) is 6.20 Å². The van der Waals surface area contributed by atoms with Crippen LogP contribution in [-0.4, -0.2) is 66.9 Å². The number of halogens is 1. The molecule has 120 valence electrons. The first-order valence-electron chi connectivity index (χ1n) is 7.13. The Hall–Kier alpha value is -0.920. The summed E-state index contributed by atoms with van der Waals surface area (Å²) in [4.78, 5) is 16.4. The third kappa shape index (κ3) is 6.15. The summed E-state index contributed by atoms with van der Waals surface area (Å²) in [5, 5.41) is 7.57. The topological polar surface area (TPSA) is 53.4 Å². The third-order valence-corrected chi connectivity index (χ3v) is 3.92. The standard InChI is InChI=1S/C14H26BrN5O/c1-11(6-7-18(2)3)17-12-10-16-20(9-8-19(4)5)14(21)13(12)15/h10-11,17H,6-9H2,1-5H3. The highest BCUT2D eigenvalue weighted by Crippen LogP contribution is 2.17. The predicted molar refractivity (Wildman–Crippen MR) is 91.0 cm³/mol. The van der Waals surface area contributed by atoms with Gasteiger partial charge in [-0.2, -0.15) is 5.10 Å². The summed E-state index contributed by atoms with van der Waals surface area (Å²) in [5.41, 5.74) is 0.661. The van der Waals surface area contributed by atoms with Crippen LogP contribution in [0.4, 0.5) is 5.69 Å². The number of rotatable bonds is 8. The minimum atomic E-state index is -0.0957. The first-order valence-corrected chi connectivity index (χ1v) is 7.92. The van der Waals surface area contributed by atoms with Gasteiger partial charge in [0, 0.05) is 12.6 Å². The Morgan fingerprint density at radius 1 is 1.29 bits per heavy atom. The summed E-state index contributed by atoms with van der Waals surface area (Å²) in [6.45, 7) is 4.47. The van der Waals surface area contributed by atoms with Crippen molar-refractivity contribution in [2.75, 3.05) is 46.6 Å². The van der Waals surface area contributed by atoms with Crippen LogP contribution in [0.1, 0.15) is 13.3 Å². The summed E-state index contributed by atoms with van der Waals surface area (Å²) in [7, 11) is 8.05. The van der Waals surface area contributed by atoms with Gasteiger partial charge in [-0.3, -0.25) is 4.79 Å². The van der Waals surface area contributed by atoms with Crippen molar-refractivity contribution in [2.24, 2.45) is 0 Å². The second-order valence-corrected chi connectivity index (χ2v) is 6.63. The maximum Gasteiger partial charge on any atom is 0.283 e. The quantitative estimate of drug-likeness (QED) is 0.758. The van der Waals surface area contributed by atoms with Crippen LogP contribution in [0.25, 0.3) is 0 Å². The van der Waals surface area contributed by atoms with Crippen LogP contribution in [-0.2, 0) is 6.54 Å². The molecule has 0 saturated heterocycles. The molecule has 0 aromatic carbocycles. The van der Waals surface area contributed by atoms with Crippen molar-refractivity contribution in [3.63, 3.8) is 0 Å². The van der Waals surface area contributed by atoms with Crippen LogP contribution >= 0.6 is 15.9 Å². The van der Waals surface area contributed by atoms with Gasteiger partial charge in [0.05, 0.1) is 18.4 Å². The maximum absolute atomic E-state index is 12.2. The van der Waals surface area contributed by atoms with E-state index in [1.807, 2.05) is 19.0 Å². The fraction of sp³-hybridized carbons (Fsp3) is 0.714. The molecular weight excluding hydrogens is 334 g/mol. The molecule has 1 rings (SSSR count).